The van der Waals surface area contributed by atoms with Crippen molar-refractivity contribution in [1.29, 1.82) is 0 Å². The van der Waals surface area contributed by atoms with Crippen molar-refractivity contribution in [2.45, 2.75) is 59.9 Å². The van der Waals surface area contributed by atoms with Crippen molar-refractivity contribution in [3.63, 3.8) is 0 Å². The van der Waals surface area contributed by atoms with Gasteiger partial charge in [0.15, 0.2) is 5.17 Å². The van der Waals surface area contributed by atoms with E-state index in [2.05, 4.69) is 18.7 Å². The highest BCUT2D eigenvalue weighted by atomic mass is 32.2. The SMILES string of the molecule is CCCN(CCC)C(=O)CC1=CSC2=NC(C)=C(C(=O)OCC)[C@@H](c3ccccc3C)N12. The molecule has 2 heterocycles. The number of allylic oxidation sites excluding steroid dienone is 1. The number of benzene rings is 1. The number of nitrogens with zero attached hydrogens (tertiary/aromatic N) is 3. The van der Waals surface area contributed by atoms with Crippen LogP contribution in [0.2, 0.25) is 0 Å². The van der Waals surface area contributed by atoms with E-state index in [0.29, 0.717) is 17.9 Å². The molecule has 0 aliphatic carbocycles. The van der Waals surface area contributed by atoms with Gasteiger partial charge in [0.2, 0.25) is 5.91 Å². The summed E-state index contributed by atoms with van der Waals surface area (Å²) in [4.78, 5) is 34.9. The summed E-state index contributed by atoms with van der Waals surface area (Å²) in [6.07, 6.45) is 2.14. The summed E-state index contributed by atoms with van der Waals surface area (Å²) < 4.78 is 5.42. The van der Waals surface area contributed by atoms with Crippen LogP contribution in [0.15, 0.2) is 51.6 Å². The van der Waals surface area contributed by atoms with Crippen molar-refractivity contribution < 1.29 is 14.3 Å². The van der Waals surface area contributed by atoms with Gasteiger partial charge in [-0.25, -0.2) is 9.79 Å². The second-order valence-electron chi connectivity index (χ2n) is 8.03. The van der Waals surface area contributed by atoms with Crippen LogP contribution in [0.5, 0.6) is 0 Å². The second-order valence-corrected chi connectivity index (χ2v) is 8.86. The van der Waals surface area contributed by atoms with Crippen LogP contribution in [0.3, 0.4) is 0 Å². The molecule has 1 atom stereocenters. The molecule has 0 unspecified atom stereocenters. The molecule has 0 fully saturated rings. The van der Waals surface area contributed by atoms with Crippen LogP contribution in [-0.2, 0) is 14.3 Å². The number of amidine groups is 1. The van der Waals surface area contributed by atoms with Gasteiger partial charge < -0.3 is 14.5 Å². The first kappa shape index (κ1) is 24.1. The number of ether oxygens (including phenoxy) is 1. The first-order chi connectivity index (χ1) is 15.4. The molecule has 1 aromatic rings. The summed E-state index contributed by atoms with van der Waals surface area (Å²) in [6, 6.07) is 7.68. The summed E-state index contributed by atoms with van der Waals surface area (Å²) in [5.41, 5.74) is 4.16. The summed E-state index contributed by atoms with van der Waals surface area (Å²) in [7, 11) is 0. The van der Waals surface area contributed by atoms with E-state index >= 15 is 0 Å². The topological polar surface area (TPSA) is 62.2 Å². The lowest BCUT2D eigenvalue weighted by molar-refractivity contribution is -0.139. The van der Waals surface area contributed by atoms with E-state index in [1.807, 2.05) is 48.4 Å². The number of amides is 1. The second kappa shape index (κ2) is 10.9. The Morgan fingerprint density at radius 2 is 1.81 bits per heavy atom. The fourth-order valence-electron chi connectivity index (χ4n) is 4.20. The molecule has 0 bridgehead atoms. The van der Waals surface area contributed by atoms with Crippen molar-refractivity contribution in [2.75, 3.05) is 19.7 Å². The Hall–Kier alpha value is -2.54. The van der Waals surface area contributed by atoms with Crippen LogP contribution in [0, 0.1) is 6.92 Å². The highest BCUT2D eigenvalue weighted by Gasteiger charge is 2.41. The van der Waals surface area contributed by atoms with Crippen LogP contribution in [-0.4, -0.2) is 46.5 Å². The molecule has 0 N–H and O–H groups in total. The van der Waals surface area contributed by atoms with Crippen molar-refractivity contribution in [3.05, 3.63) is 57.8 Å². The van der Waals surface area contributed by atoms with Gasteiger partial charge in [-0.3, -0.25) is 4.79 Å². The number of aryl methyl sites for hydroxylation is 1. The number of fused-ring (bicyclic) bond motifs is 1. The van der Waals surface area contributed by atoms with Gasteiger partial charge in [0.25, 0.3) is 0 Å². The Morgan fingerprint density at radius 1 is 1.12 bits per heavy atom. The molecule has 3 rings (SSSR count). The molecular formula is C25H33N3O3S. The predicted molar refractivity (Wildman–Crippen MR) is 130 cm³/mol. The lowest BCUT2D eigenvalue weighted by Crippen LogP contribution is -2.39. The lowest BCUT2D eigenvalue weighted by atomic mass is 9.91. The Morgan fingerprint density at radius 3 is 2.44 bits per heavy atom. The Balaban J connectivity index is 2.01. The van der Waals surface area contributed by atoms with Crippen molar-refractivity contribution >= 4 is 28.8 Å². The molecule has 32 heavy (non-hydrogen) atoms. The van der Waals surface area contributed by atoms with Crippen LogP contribution in [0.4, 0.5) is 0 Å². The van der Waals surface area contributed by atoms with Crippen LogP contribution in [0.1, 0.15) is 64.1 Å². The molecule has 0 saturated heterocycles. The van der Waals surface area contributed by atoms with Crippen molar-refractivity contribution in [2.24, 2.45) is 4.99 Å². The summed E-state index contributed by atoms with van der Waals surface area (Å²) in [6.45, 7) is 11.7. The highest BCUT2D eigenvalue weighted by molar-refractivity contribution is 8.16. The van der Waals surface area contributed by atoms with Crippen molar-refractivity contribution in [1.82, 2.24) is 9.80 Å². The van der Waals surface area contributed by atoms with E-state index in [9.17, 15) is 9.59 Å². The molecule has 6 nitrogen and oxygen atoms in total. The number of carbonyl (C=O) groups is 2. The van der Waals surface area contributed by atoms with E-state index in [0.717, 1.165) is 47.9 Å². The van der Waals surface area contributed by atoms with Crippen molar-refractivity contribution in [3.8, 4) is 0 Å². The number of hydrogen-bond donors (Lipinski definition) is 0. The average Bonchev–Trinajstić information content (AvgIpc) is 3.15. The molecule has 1 aromatic carbocycles. The molecule has 1 amide bonds. The quantitative estimate of drug-likeness (QED) is 0.481. The minimum absolute atomic E-state index is 0.106. The molecule has 172 valence electrons. The number of aliphatic imine (C=N–C) groups is 1. The minimum Gasteiger partial charge on any atom is -0.463 e. The first-order valence-electron chi connectivity index (χ1n) is 11.4. The average molecular weight is 456 g/mol. The Bertz CT molecular complexity index is 961. The monoisotopic (exact) mass is 455 g/mol. The first-order valence-corrected chi connectivity index (χ1v) is 12.3. The third-order valence-electron chi connectivity index (χ3n) is 5.65. The van der Waals surface area contributed by atoms with Gasteiger partial charge in [0.1, 0.15) is 0 Å². The summed E-state index contributed by atoms with van der Waals surface area (Å²) >= 11 is 1.51. The maximum absolute atomic E-state index is 13.2. The Kier molecular flexibility index (Phi) is 8.18. The number of hydrogen-bond acceptors (Lipinski definition) is 6. The van der Waals surface area contributed by atoms with E-state index in [-0.39, 0.29) is 24.3 Å². The van der Waals surface area contributed by atoms with E-state index < -0.39 is 0 Å². The maximum atomic E-state index is 13.2. The van der Waals surface area contributed by atoms with E-state index in [1.165, 1.54) is 11.8 Å². The zero-order valence-electron chi connectivity index (χ0n) is 19.7. The van der Waals surface area contributed by atoms with Crippen LogP contribution < -0.4 is 0 Å². The number of rotatable bonds is 9. The molecule has 0 radical (unpaired) electrons. The van der Waals surface area contributed by atoms with Gasteiger partial charge in [-0.2, -0.15) is 0 Å². The number of carbonyl (C=O) groups excluding carboxylic acids is 2. The molecule has 0 aromatic heterocycles. The molecule has 2 aliphatic rings. The minimum atomic E-state index is -0.373. The number of esters is 1. The third-order valence-corrected chi connectivity index (χ3v) is 6.54. The molecular weight excluding hydrogens is 422 g/mol. The maximum Gasteiger partial charge on any atom is 0.338 e. The van der Waals surface area contributed by atoms with E-state index in [1.54, 1.807) is 6.92 Å². The zero-order valence-corrected chi connectivity index (χ0v) is 20.5. The van der Waals surface area contributed by atoms with Gasteiger partial charge in [-0.05, 0) is 50.1 Å². The summed E-state index contributed by atoms with van der Waals surface area (Å²) in [5, 5.41) is 2.79. The molecule has 2 aliphatic heterocycles. The molecule has 0 spiro atoms. The lowest BCUT2D eigenvalue weighted by Gasteiger charge is -2.37. The molecule has 7 heteroatoms. The number of thioether (sulfide) groups is 1. The fraction of sp³-hybridized carbons (Fsp3) is 0.480. The normalized spacial score (nSPS) is 17.7. The van der Waals surface area contributed by atoms with E-state index in [4.69, 9.17) is 9.73 Å². The standard InChI is InChI=1S/C25H33N3O3S/c1-6-13-27(14-7-2)21(29)15-19-16-32-25-26-18(5)22(24(30)31-8-3)23(28(19)25)20-12-10-9-11-17(20)4/h9-12,16,23H,6-8,13-15H2,1-5H3/t23-/m1/s1. The van der Waals surface area contributed by atoms with Gasteiger partial charge >= 0.3 is 5.97 Å². The molecule has 0 saturated carbocycles. The highest BCUT2D eigenvalue weighted by Crippen LogP contribution is 2.45. The third kappa shape index (κ3) is 4.93. The zero-order chi connectivity index (χ0) is 23.3. The predicted octanol–water partition coefficient (Wildman–Crippen LogP) is 5.17. The van der Waals surface area contributed by atoms with Crippen LogP contribution in [0.25, 0.3) is 0 Å². The smallest absolute Gasteiger partial charge is 0.338 e. The fourth-order valence-corrected chi connectivity index (χ4v) is 5.16. The largest absolute Gasteiger partial charge is 0.463 e. The summed E-state index contributed by atoms with van der Waals surface area (Å²) in [5.74, 6) is -0.253. The van der Waals surface area contributed by atoms with Crippen LogP contribution >= 0.6 is 11.8 Å². The van der Waals surface area contributed by atoms with Gasteiger partial charge in [-0.15, -0.1) is 0 Å². The van der Waals surface area contributed by atoms with Gasteiger partial charge in [0, 0.05) is 18.8 Å². The van der Waals surface area contributed by atoms with Gasteiger partial charge in [-0.1, -0.05) is 49.9 Å². The Labute approximate surface area is 195 Å². The van der Waals surface area contributed by atoms with Gasteiger partial charge in [0.05, 0.1) is 30.3 Å².